The van der Waals surface area contributed by atoms with Crippen LogP contribution in [0, 0.1) is 0 Å². The average molecular weight is 178 g/mol. The molecule has 11 heavy (non-hydrogen) atoms. The molecular formula is C6H8ClNO3. The predicted molar refractivity (Wildman–Crippen MR) is 40.9 cm³/mol. The van der Waals surface area contributed by atoms with Crippen molar-refractivity contribution in [3.63, 3.8) is 0 Å². The number of hydrogen-bond acceptors (Lipinski definition) is 3. The van der Waals surface area contributed by atoms with Crippen LogP contribution >= 0.6 is 11.6 Å². The molecule has 0 unspecified atom stereocenters. The zero-order chi connectivity index (χ0) is 8.85. The van der Waals surface area contributed by atoms with Gasteiger partial charge in [-0.15, -0.1) is 11.6 Å². The third-order valence-corrected chi connectivity index (χ3v) is 1.09. The second-order valence-electron chi connectivity index (χ2n) is 1.70. The van der Waals surface area contributed by atoms with Crippen molar-refractivity contribution in [2.24, 2.45) is 4.99 Å². The third kappa shape index (κ3) is 3.72. The largest absolute Gasteiger partial charge is 0.464 e. The van der Waals surface area contributed by atoms with Gasteiger partial charge in [-0.3, -0.25) is 4.79 Å². The number of esters is 1. The molecule has 0 saturated heterocycles. The van der Waals surface area contributed by atoms with Crippen molar-refractivity contribution in [1.29, 1.82) is 0 Å². The molecule has 0 radical (unpaired) electrons. The lowest BCUT2D eigenvalue weighted by Gasteiger charge is -1.96. The summed E-state index contributed by atoms with van der Waals surface area (Å²) >= 11 is 5.30. The molecule has 0 aliphatic carbocycles. The van der Waals surface area contributed by atoms with Gasteiger partial charge in [-0.1, -0.05) is 0 Å². The van der Waals surface area contributed by atoms with Crippen molar-refractivity contribution in [3.8, 4) is 0 Å². The number of rotatable bonds is 2. The van der Waals surface area contributed by atoms with E-state index in [1.807, 2.05) is 0 Å². The quantitative estimate of drug-likeness (QED) is 0.348. The highest BCUT2D eigenvalue weighted by atomic mass is 35.5. The fourth-order valence-electron chi connectivity index (χ4n) is 0.438. The Bertz CT molecular complexity index is 200. The van der Waals surface area contributed by atoms with Crippen molar-refractivity contribution in [1.82, 2.24) is 0 Å². The van der Waals surface area contributed by atoms with Gasteiger partial charge in [0.2, 0.25) is 5.91 Å². The van der Waals surface area contributed by atoms with Crippen LogP contribution < -0.4 is 0 Å². The van der Waals surface area contributed by atoms with E-state index in [9.17, 15) is 9.59 Å². The number of halogens is 1. The van der Waals surface area contributed by atoms with Gasteiger partial charge >= 0.3 is 5.97 Å². The van der Waals surface area contributed by atoms with Gasteiger partial charge in [-0.05, 0) is 0 Å². The van der Waals surface area contributed by atoms with E-state index in [2.05, 4.69) is 9.73 Å². The molecule has 0 spiro atoms. The molecule has 0 saturated carbocycles. The molecule has 4 nitrogen and oxygen atoms in total. The first-order chi connectivity index (χ1) is 5.11. The lowest BCUT2D eigenvalue weighted by Crippen LogP contribution is -2.18. The van der Waals surface area contributed by atoms with Crippen LogP contribution in [0.2, 0.25) is 0 Å². The summed E-state index contributed by atoms with van der Waals surface area (Å²) in [7, 11) is 1.20. The molecule has 0 aromatic heterocycles. The molecule has 0 atom stereocenters. The first-order valence-electron chi connectivity index (χ1n) is 2.84. The standard InChI is InChI=1S/C6H8ClNO3/c1-4(9)8-5(3-7)6(10)11-2/h3H2,1-2H3. The van der Waals surface area contributed by atoms with E-state index >= 15 is 0 Å². The highest BCUT2D eigenvalue weighted by molar-refractivity contribution is 6.48. The molecule has 0 aliphatic rings. The summed E-state index contributed by atoms with van der Waals surface area (Å²) in [5, 5.41) is 0. The Kier molecular flexibility index (Phi) is 4.45. The number of ether oxygens (including phenoxy) is 1. The van der Waals surface area contributed by atoms with Gasteiger partial charge < -0.3 is 4.74 Å². The van der Waals surface area contributed by atoms with E-state index in [-0.39, 0.29) is 11.6 Å². The fraction of sp³-hybridized carbons (Fsp3) is 0.500. The van der Waals surface area contributed by atoms with Crippen molar-refractivity contribution >= 4 is 29.2 Å². The van der Waals surface area contributed by atoms with Gasteiger partial charge in [0, 0.05) is 6.92 Å². The van der Waals surface area contributed by atoms with Crippen LogP contribution in [0.5, 0.6) is 0 Å². The highest BCUT2D eigenvalue weighted by Crippen LogP contribution is 1.88. The molecule has 62 valence electrons. The Hall–Kier alpha value is -0.900. The maximum Gasteiger partial charge on any atom is 0.353 e. The van der Waals surface area contributed by atoms with E-state index in [0.29, 0.717) is 0 Å². The van der Waals surface area contributed by atoms with Crippen molar-refractivity contribution in [2.45, 2.75) is 6.92 Å². The minimum atomic E-state index is -0.671. The fourth-order valence-corrected chi connectivity index (χ4v) is 0.607. The number of amides is 1. The Morgan fingerprint density at radius 1 is 1.55 bits per heavy atom. The van der Waals surface area contributed by atoms with Gasteiger partial charge in [-0.25, -0.2) is 9.79 Å². The average Bonchev–Trinajstić information content (AvgIpc) is 1.98. The van der Waals surface area contributed by atoms with Gasteiger partial charge in [0.25, 0.3) is 0 Å². The van der Waals surface area contributed by atoms with Gasteiger partial charge in [0.1, 0.15) is 5.71 Å². The van der Waals surface area contributed by atoms with Crippen molar-refractivity contribution in [2.75, 3.05) is 13.0 Å². The molecule has 0 N–H and O–H groups in total. The Balaban J connectivity index is 4.39. The summed E-state index contributed by atoms with van der Waals surface area (Å²) < 4.78 is 4.30. The molecule has 0 rings (SSSR count). The molecule has 0 fully saturated rings. The molecule has 5 heteroatoms. The van der Waals surface area contributed by atoms with Crippen LogP contribution in [0.3, 0.4) is 0 Å². The number of nitrogens with zero attached hydrogens (tertiary/aromatic N) is 1. The van der Waals surface area contributed by atoms with E-state index in [1.165, 1.54) is 14.0 Å². The van der Waals surface area contributed by atoms with Crippen LogP contribution in [0.1, 0.15) is 6.92 Å². The van der Waals surface area contributed by atoms with E-state index in [1.54, 1.807) is 0 Å². The zero-order valence-corrected chi connectivity index (χ0v) is 7.01. The molecule has 1 amide bonds. The molecule has 0 aliphatic heterocycles. The number of methoxy groups -OCH3 is 1. The SMILES string of the molecule is COC(=O)C(CCl)=NC(C)=O. The smallest absolute Gasteiger partial charge is 0.353 e. The summed E-state index contributed by atoms with van der Waals surface area (Å²) in [4.78, 5) is 24.4. The Labute approximate surface area is 69.2 Å². The maximum atomic E-state index is 10.7. The molecule has 0 aromatic rings. The van der Waals surface area contributed by atoms with Gasteiger partial charge in [0.15, 0.2) is 0 Å². The lowest BCUT2D eigenvalue weighted by molar-refractivity contribution is -0.133. The summed E-state index contributed by atoms with van der Waals surface area (Å²) in [6, 6.07) is 0. The summed E-state index contributed by atoms with van der Waals surface area (Å²) in [5.74, 6) is -1.26. The van der Waals surface area contributed by atoms with Gasteiger partial charge in [-0.2, -0.15) is 0 Å². The molecule has 0 heterocycles. The molecular weight excluding hydrogens is 170 g/mol. The topological polar surface area (TPSA) is 55.7 Å². The van der Waals surface area contributed by atoms with Crippen LogP contribution in [-0.2, 0) is 14.3 Å². The van der Waals surface area contributed by atoms with E-state index < -0.39 is 11.9 Å². The van der Waals surface area contributed by atoms with E-state index in [0.717, 1.165) is 0 Å². The minimum Gasteiger partial charge on any atom is -0.464 e. The molecule has 0 aromatic carbocycles. The second-order valence-corrected chi connectivity index (χ2v) is 1.97. The summed E-state index contributed by atoms with van der Waals surface area (Å²) in [6.45, 7) is 1.23. The summed E-state index contributed by atoms with van der Waals surface area (Å²) in [5.41, 5.74) is -0.0679. The Morgan fingerprint density at radius 2 is 2.09 bits per heavy atom. The lowest BCUT2D eigenvalue weighted by atomic mass is 10.4. The van der Waals surface area contributed by atoms with Crippen molar-refractivity contribution < 1.29 is 14.3 Å². The van der Waals surface area contributed by atoms with Gasteiger partial charge in [0.05, 0.1) is 13.0 Å². The number of hydrogen-bond donors (Lipinski definition) is 0. The van der Waals surface area contributed by atoms with Crippen LogP contribution in [0.25, 0.3) is 0 Å². The second kappa shape index (κ2) is 4.85. The Morgan fingerprint density at radius 3 is 2.36 bits per heavy atom. The third-order valence-electron chi connectivity index (χ3n) is 0.840. The van der Waals surface area contributed by atoms with Crippen molar-refractivity contribution in [3.05, 3.63) is 0 Å². The predicted octanol–water partition coefficient (Wildman–Crippen LogP) is 0.386. The zero-order valence-electron chi connectivity index (χ0n) is 6.26. The minimum absolute atomic E-state index is 0.0679. The van der Waals surface area contributed by atoms with Crippen LogP contribution in [0.15, 0.2) is 4.99 Å². The number of alkyl halides is 1. The number of carbonyl (C=O) groups excluding carboxylic acids is 2. The molecule has 0 bridgehead atoms. The maximum absolute atomic E-state index is 10.7. The highest BCUT2D eigenvalue weighted by Gasteiger charge is 2.10. The summed E-state index contributed by atoms with van der Waals surface area (Å²) in [6.07, 6.45) is 0. The number of carbonyl (C=O) groups is 2. The first kappa shape index (κ1) is 10.1. The van der Waals surface area contributed by atoms with Crippen LogP contribution in [-0.4, -0.2) is 30.6 Å². The monoisotopic (exact) mass is 177 g/mol. The van der Waals surface area contributed by atoms with E-state index in [4.69, 9.17) is 11.6 Å². The normalized spacial score (nSPS) is 11.0. The first-order valence-corrected chi connectivity index (χ1v) is 3.37. The van der Waals surface area contributed by atoms with Crippen LogP contribution in [0.4, 0.5) is 0 Å². The number of aliphatic imine (C=N–C) groups is 1.